The van der Waals surface area contributed by atoms with Gasteiger partial charge in [-0.05, 0) is 18.6 Å². The first-order chi connectivity index (χ1) is 7.90. The zero-order chi connectivity index (χ0) is 11.2. The summed E-state index contributed by atoms with van der Waals surface area (Å²) in [5.74, 6) is 2.56. The summed E-state index contributed by atoms with van der Waals surface area (Å²) in [5.41, 5.74) is 5.32. The van der Waals surface area contributed by atoms with Gasteiger partial charge in [-0.3, -0.25) is 0 Å². The lowest BCUT2D eigenvalue weighted by atomic mass is 10.2. The number of nitrogens with zero attached hydrogens (tertiary/aromatic N) is 2. The van der Waals surface area contributed by atoms with E-state index < -0.39 is 0 Å². The Hall–Kier alpha value is -0.590. The summed E-state index contributed by atoms with van der Waals surface area (Å²) in [6, 6.07) is 0. The van der Waals surface area contributed by atoms with Crippen LogP contribution in [-0.4, -0.2) is 29.0 Å². The minimum absolute atomic E-state index is 0.363. The van der Waals surface area contributed by atoms with Crippen LogP contribution in [0, 0.1) is 0 Å². The lowest BCUT2D eigenvalue weighted by Gasteiger charge is -2.17. The molecule has 0 saturated carbocycles. The van der Waals surface area contributed by atoms with Crippen molar-refractivity contribution in [3.8, 4) is 0 Å². The number of aromatic nitrogens is 2. The highest BCUT2D eigenvalue weighted by atomic mass is 32.2. The van der Waals surface area contributed by atoms with Crippen molar-refractivity contribution in [2.24, 2.45) is 5.73 Å². The molecule has 1 aliphatic heterocycles. The van der Waals surface area contributed by atoms with E-state index in [9.17, 15) is 0 Å². The van der Waals surface area contributed by atoms with Crippen molar-refractivity contribution in [2.45, 2.75) is 31.1 Å². The highest BCUT2D eigenvalue weighted by Crippen LogP contribution is 2.36. The van der Waals surface area contributed by atoms with Gasteiger partial charge < -0.3 is 15.0 Å². The number of ether oxygens (including phenoxy) is 1. The van der Waals surface area contributed by atoms with Gasteiger partial charge in [0.05, 0.1) is 11.9 Å². The summed E-state index contributed by atoms with van der Waals surface area (Å²) in [6.07, 6.45) is 3.70. The van der Waals surface area contributed by atoms with Crippen molar-refractivity contribution in [3.05, 3.63) is 11.7 Å². The Morgan fingerprint density at radius 3 is 3.19 bits per heavy atom. The number of hydrogen-bond donors (Lipinski definition) is 1. The van der Waals surface area contributed by atoms with E-state index in [1.807, 2.05) is 11.8 Å². The van der Waals surface area contributed by atoms with Crippen LogP contribution in [0.15, 0.2) is 4.52 Å². The SMILES string of the molecule is NCCOCc1nc(C2CCCCS2)no1. The second-order valence-electron chi connectivity index (χ2n) is 3.74. The largest absolute Gasteiger partial charge is 0.370 e. The molecule has 90 valence electrons. The van der Waals surface area contributed by atoms with Gasteiger partial charge in [0, 0.05) is 6.54 Å². The molecule has 1 saturated heterocycles. The summed E-state index contributed by atoms with van der Waals surface area (Å²) in [7, 11) is 0. The maximum Gasteiger partial charge on any atom is 0.252 e. The molecule has 0 aliphatic carbocycles. The molecule has 2 rings (SSSR count). The second-order valence-corrected chi connectivity index (χ2v) is 5.05. The molecule has 0 amide bonds. The molecule has 1 atom stereocenters. The third kappa shape index (κ3) is 3.20. The van der Waals surface area contributed by atoms with Crippen LogP contribution in [0.2, 0.25) is 0 Å². The van der Waals surface area contributed by atoms with E-state index in [4.69, 9.17) is 15.0 Å². The molecular weight excluding hydrogens is 226 g/mol. The van der Waals surface area contributed by atoms with Crippen molar-refractivity contribution in [1.82, 2.24) is 10.1 Å². The van der Waals surface area contributed by atoms with Crippen molar-refractivity contribution in [3.63, 3.8) is 0 Å². The molecule has 2 N–H and O–H groups in total. The smallest absolute Gasteiger partial charge is 0.252 e. The molecule has 2 heterocycles. The summed E-state index contributed by atoms with van der Waals surface area (Å²) in [6.45, 7) is 1.40. The second kappa shape index (κ2) is 6.22. The normalized spacial score (nSPS) is 21.2. The first-order valence-electron chi connectivity index (χ1n) is 5.62. The fraction of sp³-hybridized carbons (Fsp3) is 0.800. The van der Waals surface area contributed by atoms with Gasteiger partial charge in [0.2, 0.25) is 0 Å². The monoisotopic (exact) mass is 243 g/mol. The van der Waals surface area contributed by atoms with Gasteiger partial charge in [0.1, 0.15) is 6.61 Å². The van der Waals surface area contributed by atoms with E-state index in [2.05, 4.69) is 10.1 Å². The Bertz CT molecular complexity index is 313. The molecule has 0 aromatic carbocycles. The Morgan fingerprint density at radius 1 is 1.50 bits per heavy atom. The Morgan fingerprint density at radius 2 is 2.44 bits per heavy atom. The summed E-state index contributed by atoms with van der Waals surface area (Å²) >= 11 is 1.91. The molecule has 0 bridgehead atoms. The Balaban J connectivity index is 1.85. The van der Waals surface area contributed by atoms with Crippen molar-refractivity contribution < 1.29 is 9.26 Å². The van der Waals surface area contributed by atoms with Gasteiger partial charge >= 0.3 is 0 Å². The number of hydrogen-bond acceptors (Lipinski definition) is 6. The summed E-state index contributed by atoms with van der Waals surface area (Å²) in [5, 5.41) is 4.40. The molecule has 6 heteroatoms. The van der Waals surface area contributed by atoms with Gasteiger partial charge in [-0.15, -0.1) is 0 Å². The minimum Gasteiger partial charge on any atom is -0.370 e. The van der Waals surface area contributed by atoms with Gasteiger partial charge in [-0.1, -0.05) is 11.6 Å². The third-order valence-electron chi connectivity index (χ3n) is 2.44. The fourth-order valence-corrected chi connectivity index (χ4v) is 2.88. The van der Waals surface area contributed by atoms with Crippen LogP contribution in [-0.2, 0) is 11.3 Å². The van der Waals surface area contributed by atoms with Crippen LogP contribution in [0.3, 0.4) is 0 Å². The molecule has 0 radical (unpaired) electrons. The maximum absolute atomic E-state index is 5.32. The van der Waals surface area contributed by atoms with Crippen molar-refractivity contribution in [2.75, 3.05) is 18.9 Å². The lowest BCUT2D eigenvalue weighted by molar-refractivity contribution is 0.104. The van der Waals surface area contributed by atoms with E-state index in [1.165, 1.54) is 18.6 Å². The Kier molecular flexibility index (Phi) is 4.62. The zero-order valence-corrected chi connectivity index (χ0v) is 10.0. The maximum atomic E-state index is 5.32. The highest BCUT2D eigenvalue weighted by molar-refractivity contribution is 7.99. The highest BCUT2D eigenvalue weighted by Gasteiger charge is 2.21. The molecule has 1 aliphatic rings. The summed E-state index contributed by atoms with van der Waals surface area (Å²) < 4.78 is 10.4. The van der Waals surface area contributed by atoms with Crippen LogP contribution in [0.1, 0.15) is 36.2 Å². The van der Waals surface area contributed by atoms with Gasteiger partial charge in [-0.25, -0.2) is 0 Å². The lowest BCUT2D eigenvalue weighted by Crippen LogP contribution is -2.08. The molecular formula is C10H17N3O2S. The third-order valence-corrected chi connectivity index (χ3v) is 3.81. The molecule has 5 nitrogen and oxygen atoms in total. The van der Waals surface area contributed by atoms with E-state index in [0.29, 0.717) is 30.9 Å². The average molecular weight is 243 g/mol. The van der Waals surface area contributed by atoms with Crippen LogP contribution >= 0.6 is 11.8 Å². The topological polar surface area (TPSA) is 74.2 Å². The molecule has 16 heavy (non-hydrogen) atoms. The minimum atomic E-state index is 0.363. The molecule has 1 unspecified atom stereocenters. The van der Waals surface area contributed by atoms with Gasteiger partial charge in [0.15, 0.2) is 5.82 Å². The molecule has 1 fully saturated rings. The van der Waals surface area contributed by atoms with Crippen molar-refractivity contribution >= 4 is 11.8 Å². The molecule has 0 spiro atoms. The quantitative estimate of drug-likeness (QED) is 0.790. The summed E-state index contributed by atoms with van der Waals surface area (Å²) in [4.78, 5) is 4.34. The average Bonchev–Trinajstić information content (AvgIpc) is 2.79. The molecule has 1 aromatic heterocycles. The Labute approximate surface area is 99.1 Å². The van der Waals surface area contributed by atoms with Gasteiger partial charge in [0.25, 0.3) is 5.89 Å². The first kappa shape index (κ1) is 11.9. The van der Waals surface area contributed by atoms with Crippen LogP contribution in [0.4, 0.5) is 0 Å². The van der Waals surface area contributed by atoms with Crippen molar-refractivity contribution in [1.29, 1.82) is 0 Å². The fourth-order valence-electron chi connectivity index (χ4n) is 1.64. The number of thioether (sulfide) groups is 1. The predicted octanol–water partition coefficient (Wildman–Crippen LogP) is 1.50. The van der Waals surface area contributed by atoms with Crippen LogP contribution in [0.5, 0.6) is 0 Å². The van der Waals surface area contributed by atoms with E-state index >= 15 is 0 Å². The number of rotatable bonds is 5. The first-order valence-corrected chi connectivity index (χ1v) is 6.67. The predicted molar refractivity (Wildman–Crippen MR) is 62.1 cm³/mol. The van der Waals surface area contributed by atoms with Crippen LogP contribution in [0.25, 0.3) is 0 Å². The molecule has 1 aromatic rings. The van der Waals surface area contributed by atoms with E-state index in [-0.39, 0.29) is 0 Å². The zero-order valence-electron chi connectivity index (χ0n) is 9.22. The standard InChI is InChI=1S/C10H17N3O2S/c11-4-5-14-7-9-12-10(13-15-9)8-3-1-2-6-16-8/h8H,1-7,11H2. The van der Waals surface area contributed by atoms with E-state index in [1.54, 1.807) is 0 Å². The number of nitrogens with two attached hydrogens (primary N) is 1. The van der Waals surface area contributed by atoms with Gasteiger partial charge in [-0.2, -0.15) is 16.7 Å². The van der Waals surface area contributed by atoms with Crippen LogP contribution < -0.4 is 5.73 Å². The van der Waals surface area contributed by atoms with E-state index in [0.717, 1.165) is 12.2 Å².